The number of anilines is 1. The highest BCUT2D eigenvalue weighted by molar-refractivity contribution is 7.15. The summed E-state index contributed by atoms with van der Waals surface area (Å²) in [5.41, 5.74) is 0.745. The second-order valence-electron chi connectivity index (χ2n) is 5.51. The van der Waals surface area contributed by atoms with Gasteiger partial charge in [0.15, 0.2) is 0 Å². The van der Waals surface area contributed by atoms with Crippen molar-refractivity contribution in [3.63, 3.8) is 0 Å². The minimum absolute atomic E-state index is 0.0480. The number of aryl methyl sites for hydroxylation is 1. The van der Waals surface area contributed by atoms with Gasteiger partial charge in [0.1, 0.15) is 5.01 Å². The molecule has 0 unspecified atom stereocenters. The molecule has 1 saturated carbocycles. The van der Waals surface area contributed by atoms with Gasteiger partial charge in [-0.25, -0.2) is 0 Å². The lowest BCUT2D eigenvalue weighted by Gasteiger charge is -2.13. The van der Waals surface area contributed by atoms with Gasteiger partial charge in [-0.1, -0.05) is 55.0 Å². The molecule has 1 aliphatic rings. The smallest absolute Gasteiger partial charge is 0.236 e. The number of carbonyl (C=O) groups is 1. The number of rotatable bonds is 6. The van der Waals surface area contributed by atoms with Crippen LogP contribution >= 0.6 is 11.3 Å². The van der Waals surface area contributed by atoms with Crippen molar-refractivity contribution >= 4 is 22.4 Å². The van der Waals surface area contributed by atoms with Gasteiger partial charge >= 0.3 is 0 Å². The first-order chi connectivity index (χ1) is 10.2. The third-order valence-electron chi connectivity index (χ3n) is 3.94. The molecular weight excluding hydrogens is 282 g/mol. The standard InChI is InChI=1S/C16H19N3OS/c1-2-3-9-13-18-19-15(21-13)17-14(20)16(10-11-16)12-7-5-4-6-8-12/h4-8H,2-3,9-11H2,1H3,(H,17,19,20). The molecule has 1 aromatic heterocycles. The van der Waals surface area contributed by atoms with Crippen molar-refractivity contribution in [1.82, 2.24) is 10.2 Å². The van der Waals surface area contributed by atoms with Crippen LogP contribution in [0, 0.1) is 0 Å². The average Bonchev–Trinajstić information content (AvgIpc) is 3.22. The maximum absolute atomic E-state index is 12.5. The number of hydrogen-bond acceptors (Lipinski definition) is 4. The van der Waals surface area contributed by atoms with Gasteiger partial charge in [0, 0.05) is 6.42 Å². The van der Waals surface area contributed by atoms with Crippen LogP contribution in [0.2, 0.25) is 0 Å². The number of nitrogens with zero attached hydrogens (tertiary/aromatic N) is 2. The number of benzene rings is 1. The summed E-state index contributed by atoms with van der Waals surface area (Å²) in [7, 11) is 0. The molecule has 0 radical (unpaired) electrons. The quantitative estimate of drug-likeness (QED) is 0.887. The molecule has 1 N–H and O–H groups in total. The molecule has 0 atom stereocenters. The minimum Gasteiger partial charge on any atom is -0.300 e. The van der Waals surface area contributed by atoms with Crippen molar-refractivity contribution in [3.05, 3.63) is 40.9 Å². The molecule has 4 nitrogen and oxygen atoms in total. The molecule has 3 rings (SSSR count). The zero-order valence-electron chi connectivity index (χ0n) is 12.1. The second kappa shape index (κ2) is 5.93. The van der Waals surface area contributed by atoms with Gasteiger partial charge in [-0.05, 0) is 24.8 Å². The summed E-state index contributed by atoms with van der Waals surface area (Å²) in [6, 6.07) is 9.99. The highest BCUT2D eigenvalue weighted by Gasteiger charge is 2.51. The molecule has 2 aromatic rings. The molecule has 110 valence electrons. The molecule has 1 heterocycles. The summed E-state index contributed by atoms with van der Waals surface area (Å²) < 4.78 is 0. The Bertz CT molecular complexity index is 619. The number of nitrogens with one attached hydrogen (secondary N) is 1. The van der Waals surface area contributed by atoms with E-state index in [1.165, 1.54) is 11.3 Å². The zero-order valence-corrected chi connectivity index (χ0v) is 12.9. The van der Waals surface area contributed by atoms with Gasteiger partial charge in [-0.15, -0.1) is 10.2 Å². The first-order valence-corrected chi connectivity index (χ1v) is 8.25. The van der Waals surface area contributed by atoms with Crippen LogP contribution < -0.4 is 5.32 Å². The minimum atomic E-state index is -0.351. The Morgan fingerprint density at radius 3 is 2.71 bits per heavy atom. The molecule has 21 heavy (non-hydrogen) atoms. The number of hydrogen-bond donors (Lipinski definition) is 1. The fraction of sp³-hybridized carbons (Fsp3) is 0.438. The van der Waals surface area contributed by atoms with Crippen molar-refractivity contribution in [3.8, 4) is 0 Å². The van der Waals surface area contributed by atoms with E-state index in [0.717, 1.165) is 42.7 Å². The normalized spacial score (nSPS) is 15.7. The Morgan fingerprint density at radius 2 is 2.05 bits per heavy atom. The third-order valence-corrected chi connectivity index (χ3v) is 4.84. The van der Waals surface area contributed by atoms with Crippen LogP contribution in [-0.4, -0.2) is 16.1 Å². The average molecular weight is 301 g/mol. The van der Waals surface area contributed by atoms with Crippen LogP contribution in [0.5, 0.6) is 0 Å². The van der Waals surface area contributed by atoms with E-state index < -0.39 is 0 Å². The third kappa shape index (κ3) is 2.97. The fourth-order valence-corrected chi connectivity index (χ4v) is 3.26. The predicted molar refractivity (Wildman–Crippen MR) is 84.5 cm³/mol. The first-order valence-electron chi connectivity index (χ1n) is 7.44. The Kier molecular flexibility index (Phi) is 4.01. The molecule has 1 aromatic carbocycles. The lowest BCUT2D eigenvalue weighted by molar-refractivity contribution is -0.118. The maximum Gasteiger partial charge on any atom is 0.236 e. The summed E-state index contributed by atoms with van der Waals surface area (Å²) in [5.74, 6) is 0.0480. The van der Waals surface area contributed by atoms with E-state index in [1.807, 2.05) is 30.3 Å². The molecule has 1 fully saturated rings. The summed E-state index contributed by atoms with van der Waals surface area (Å²) >= 11 is 1.49. The van der Waals surface area contributed by atoms with Crippen molar-refractivity contribution < 1.29 is 4.79 Å². The van der Waals surface area contributed by atoms with Crippen LogP contribution in [-0.2, 0) is 16.6 Å². The van der Waals surface area contributed by atoms with Crippen LogP contribution in [0.3, 0.4) is 0 Å². The van der Waals surface area contributed by atoms with Crippen LogP contribution in [0.15, 0.2) is 30.3 Å². The highest BCUT2D eigenvalue weighted by atomic mass is 32.1. The highest BCUT2D eigenvalue weighted by Crippen LogP contribution is 2.48. The van der Waals surface area contributed by atoms with E-state index in [0.29, 0.717) is 5.13 Å². The number of unbranched alkanes of at least 4 members (excludes halogenated alkanes) is 1. The fourth-order valence-electron chi connectivity index (χ4n) is 2.48. The van der Waals surface area contributed by atoms with Crippen molar-refractivity contribution in [2.45, 2.75) is 44.4 Å². The topological polar surface area (TPSA) is 54.9 Å². The summed E-state index contributed by atoms with van der Waals surface area (Å²) in [6.07, 6.45) is 5.00. The SMILES string of the molecule is CCCCc1nnc(NC(=O)C2(c3ccccc3)CC2)s1. The molecule has 1 amide bonds. The molecule has 0 aliphatic heterocycles. The van der Waals surface area contributed by atoms with E-state index in [1.54, 1.807) is 0 Å². The van der Waals surface area contributed by atoms with Crippen molar-refractivity contribution in [2.24, 2.45) is 0 Å². The molecule has 0 bridgehead atoms. The van der Waals surface area contributed by atoms with Gasteiger partial charge in [-0.2, -0.15) is 0 Å². The van der Waals surface area contributed by atoms with Gasteiger partial charge in [-0.3, -0.25) is 10.1 Å². The monoisotopic (exact) mass is 301 g/mol. The van der Waals surface area contributed by atoms with Crippen LogP contribution in [0.1, 0.15) is 43.2 Å². The van der Waals surface area contributed by atoms with Gasteiger partial charge in [0.05, 0.1) is 5.41 Å². The zero-order chi connectivity index (χ0) is 14.7. The Balaban J connectivity index is 1.68. The molecule has 0 saturated heterocycles. The summed E-state index contributed by atoms with van der Waals surface area (Å²) in [6.45, 7) is 2.15. The number of carbonyl (C=O) groups excluding carboxylic acids is 1. The summed E-state index contributed by atoms with van der Waals surface area (Å²) in [4.78, 5) is 12.5. The summed E-state index contributed by atoms with van der Waals surface area (Å²) in [5, 5.41) is 12.8. The van der Waals surface area contributed by atoms with Gasteiger partial charge in [0.2, 0.25) is 11.0 Å². The largest absolute Gasteiger partial charge is 0.300 e. The lowest BCUT2D eigenvalue weighted by Crippen LogP contribution is -2.27. The second-order valence-corrected chi connectivity index (χ2v) is 6.57. The molecule has 5 heteroatoms. The van der Waals surface area contributed by atoms with E-state index in [-0.39, 0.29) is 11.3 Å². The van der Waals surface area contributed by atoms with E-state index in [9.17, 15) is 4.79 Å². The van der Waals surface area contributed by atoms with Crippen LogP contribution in [0.25, 0.3) is 0 Å². The molecule has 1 aliphatic carbocycles. The maximum atomic E-state index is 12.5. The molecule has 0 spiro atoms. The lowest BCUT2D eigenvalue weighted by atomic mass is 9.95. The predicted octanol–water partition coefficient (Wildman–Crippen LogP) is 3.55. The van der Waals surface area contributed by atoms with Crippen LogP contribution in [0.4, 0.5) is 5.13 Å². The van der Waals surface area contributed by atoms with E-state index in [2.05, 4.69) is 22.4 Å². The Labute approximate surface area is 128 Å². The Morgan fingerprint density at radius 1 is 1.29 bits per heavy atom. The van der Waals surface area contributed by atoms with E-state index in [4.69, 9.17) is 0 Å². The number of aromatic nitrogens is 2. The Hall–Kier alpha value is -1.75. The van der Waals surface area contributed by atoms with Crippen molar-refractivity contribution in [1.29, 1.82) is 0 Å². The molecular formula is C16H19N3OS. The van der Waals surface area contributed by atoms with Gasteiger partial charge in [0.25, 0.3) is 0 Å². The number of amides is 1. The van der Waals surface area contributed by atoms with E-state index >= 15 is 0 Å². The van der Waals surface area contributed by atoms with Gasteiger partial charge < -0.3 is 0 Å². The first kappa shape index (κ1) is 14.2. The van der Waals surface area contributed by atoms with Crippen molar-refractivity contribution in [2.75, 3.05) is 5.32 Å².